The first-order valence-electron chi connectivity index (χ1n) is 9.34. The fourth-order valence-electron chi connectivity index (χ4n) is 3.42. The summed E-state index contributed by atoms with van der Waals surface area (Å²) >= 11 is 0. The molecule has 0 saturated carbocycles. The van der Waals surface area contributed by atoms with Crippen molar-refractivity contribution in [2.24, 2.45) is 0 Å². The smallest absolute Gasteiger partial charge is 0.286 e. The number of amides is 1. The predicted molar refractivity (Wildman–Crippen MR) is 106 cm³/mol. The first-order chi connectivity index (χ1) is 13.2. The van der Waals surface area contributed by atoms with E-state index < -0.39 is 5.92 Å². The van der Waals surface area contributed by atoms with Gasteiger partial charge in [0.2, 0.25) is 5.91 Å². The van der Waals surface area contributed by atoms with Crippen molar-refractivity contribution in [3.05, 3.63) is 59.4 Å². The lowest BCUT2D eigenvalue weighted by molar-refractivity contribution is -0.121. The van der Waals surface area contributed by atoms with E-state index >= 15 is 0 Å². The average molecular weight is 388 g/mol. The molecule has 7 heteroatoms. The number of halogens is 2. The zero-order chi connectivity index (χ0) is 20.3. The maximum Gasteiger partial charge on any atom is 0.286 e. The number of rotatable bonds is 6. The molecule has 0 unspecified atom stereocenters. The Hall–Kier alpha value is -2.54. The van der Waals surface area contributed by atoms with E-state index in [9.17, 15) is 13.6 Å². The van der Waals surface area contributed by atoms with Gasteiger partial charge in [-0.15, -0.1) is 0 Å². The molecule has 0 bridgehead atoms. The van der Waals surface area contributed by atoms with Gasteiger partial charge in [-0.2, -0.15) is 8.78 Å². The second kappa shape index (κ2) is 8.22. The van der Waals surface area contributed by atoms with Gasteiger partial charge in [0.15, 0.2) is 0 Å². The van der Waals surface area contributed by atoms with Crippen LogP contribution in [0.5, 0.6) is 0 Å². The Morgan fingerprint density at radius 2 is 1.93 bits per heavy atom. The van der Waals surface area contributed by atoms with E-state index in [1.807, 2.05) is 43.3 Å². The zero-order valence-electron chi connectivity index (χ0n) is 16.4. The third-order valence-corrected chi connectivity index (χ3v) is 5.04. The van der Waals surface area contributed by atoms with Crippen molar-refractivity contribution >= 4 is 11.6 Å². The number of nitrogens with zero attached hydrogens (tertiary/aromatic N) is 2. The number of aromatic nitrogens is 1. The minimum absolute atomic E-state index is 0.00657. The van der Waals surface area contributed by atoms with Crippen LogP contribution in [0.4, 0.5) is 14.5 Å². The summed E-state index contributed by atoms with van der Waals surface area (Å²) in [6, 6.07) is 10.8. The Morgan fingerprint density at radius 3 is 2.50 bits per heavy atom. The number of carbonyl (C=O) groups is 1. The van der Waals surface area contributed by atoms with E-state index in [-0.39, 0.29) is 23.6 Å². The molecule has 0 aliphatic carbocycles. The molecule has 2 aromatic rings. The summed E-state index contributed by atoms with van der Waals surface area (Å²) in [5, 5.41) is 6.33. The van der Waals surface area contributed by atoms with Crippen LogP contribution in [0.3, 0.4) is 0 Å². The van der Waals surface area contributed by atoms with Crippen LogP contribution in [0.25, 0.3) is 0 Å². The fourth-order valence-corrected chi connectivity index (χ4v) is 3.42. The number of alkyl halides is 2. The first-order valence-corrected chi connectivity index (χ1v) is 9.34. The van der Waals surface area contributed by atoms with E-state index in [1.54, 1.807) is 6.07 Å². The Bertz CT molecular complexity index is 801. The molecule has 2 heterocycles. The van der Waals surface area contributed by atoms with Crippen LogP contribution < -0.4 is 15.5 Å². The molecule has 1 aliphatic heterocycles. The molecule has 1 fully saturated rings. The van der Waals surface area contributed by atoms with Crippen LogP contribution in [0.1, 0.15) is 29.7 Å². The van der Waals surface area contributed by atoms with Gasteiger partial charge in [0, 0.05) is 58.0 Å². The molecule has 3 rings (SSSR count). The van der Waals surface area contributed by atoms with Crippen LogP contribution in [0.2, 0.25) is 0 Å². The van der Waals surface area contributed by atoms with Crippen molar-refractivity contribution < 1.29 is 13.6 Å². The quantitative estimate of drug-likeness (QED) is 0.799. The number of hydrogen-bond acceptors (Lipinski definition) is 4. The molecule has 1 amide bonds. The number of pyridine rings is 1. The Morgan fingerprint density at radius 1 is 1.21 bits per heavy atom. The van der Waals surface area contributed by atoms with Crippen molar-refractivity contribution in [3.63, 3.8) is 0 Å². The lowest BCUT2D eigenvalue weighted by Gasteiger charge is -2.21. The minimum atomic E-state index is -2.96. The van der Waals surface area contributed by atoms with Gasteiger partial charge in [-0.1, -0.05) is 18.2 Å². The maximum absolute atomic E-state index is 13.4. The molecular formula is C21H26F2N4O. The predicted octanol–water partition coefficient (Wildman–Crippen LogP) is 2.67. The highest BCUT2D eigenvalue weighted by molar-refractivity contribution is 5.79. The van der Waals surface area contributed by atoms with Crippen LogP contribution in [0, 0.1) is 0 Å². The third-order valence-electron chi connectivity index (χ3n) is 5.04. The van der Waals surface area contributed by atoms with Crippen molar-refractivity contribution in [2.75, 3.05) is 32.1 Å². The van der Waals surface area contributed by atoms with Crippen LogP contribution in [-0.2, 0) is 17.1 Å². The normalized spacial score (nSPS) is 19.5. The lowest BCUT2D eigenvalue weighted by Crippen LogP contribution is -2.40. The van der Waals surface area contributed by atoms with Gasteiger partial charge in [0.25, 0.3) is 5.92 Å². The highest BCUT2D eigenvalue weighted by Crippen LogP contribution is 2.28. The number of hydrogen-bond donors (Lipinski definition) is 2. The van der Waals surface area contributed by atoms with Crippen molar-refractivity contribution in [3.8, 4) is 0 Å². The van der Waals surface area contributed by atoms with Crippen LogP contribution in [0.15, 0.2) is 42.6 Å². The SMILES string of the molecule is CN(C)c1ccc(CC(=O)N[C@@H]2CNC[C@H]2c2ccc(C(C)(F)F)nc2)cc1. The monoisotopic (exact) mass is 388 g/mol. The van der Waals surface area contributed by atoms with Gasteiger partial charge in [-0.05, 0) is 29.3 Å². The molecule has 1 aromatic carbocycles. The molecule has 5 nitrogen and oxygen atoms in total. The largest absolute Gasteiger partial charge is 0.378 e. The average Bonchev–Trinajstić information content (AvgIpc) is 3.09. The summed E-state index contributed by atoms with van der Waals surface area (Å²) in [4.78, 5) is 18.4. The summed E-state index contributed by atoms with van der Waals surface area (Å²) in [6.07, 6.45) is 1.79. The maximum atomic E-state index is 13.4. The Labute approximate surface area is 164 Å². The minimum Gasteiger partial charge on any atom is -0.378 e. The Balaban J connectivity index is 1.62. The summed E-state index contributed by atoms with van der Waals surface area (Å²) in [5.74, 6) is -3.00. The highest BCUT2D eigenvalue weighted by Gasteiger charge is 2.31. The van der Waals surface area contributed by atoms with Crippen molar-refractivity contribution in [1.82, 2.24) is 15.6 Å². The van der Waals surface area contributed by atoms with E-state index in [0.29, 0.717) is 19.5 Å². The van der Waals surface area contributed by atoms with Gasteiger partial charge < -0.3 is 15.5 Å². The summed E-state index contributed by atoms with van der Waals surface area (Å²) in [7, 11) is 3.94. The second-order valence-electron chi connectivity index (χ2n) is 7.54. The van der Waals surface area contributed by atoms with E-state index in [4.69, 9.17) is 0 Å². The molecule has 0 radical (unpaired) electrons. The van der Waals surface area contributed by atoms with Gasteiger partial charge >= 0.3 is 0 Å². The lowest BCUT2D eigenvalue weighted by atomic mass is 9.95. The van der Waals surface area contributed by atoms with Gasteiger partial charge in [0.1, 0.15) is 5.69 Å². The topological polar surface area (TPSA) is 57.3 Å². The molecule has 0 spiro atoms. The highest BCUT2D eigenvalue weighted by atomic mass is 19.3. The summed E-state index contributed by atoms with van der Waals surface area (Å²) in [6.45, 7) is 2.15. The molecule has 150 valence electrons. The van der Waals surface area contributed by atoms with Crippen LogP contribution in [-0.4, -0.2) is 44.1 Å². The molecule has 1 aromatic heterocycles. The molecule has 28 heavy (non-hydrogen) atoms. The number of carbonyl (C=O) groups excluding carboxylic acids is 1. The van der Waals surface area contributed by atoms with Gasteiger partial charge in [-0.3, -0.25) is 9.78 Å². The molecule has 2 atom stereocenters. The number of benzene rings is 1. The van der Waals surface area contributed by atoms with E-state index in [2.05, 4.69) is 15.6 Å². The summed E-state index contributed by atoms with van der Waals surface area (Å²) < 4.78 is 26.7. The Kier molecular flexibility index (Phi) is 5.93. The molecule has 1 aliphatic rings. The van der Waals surface area contributed by atoms with Gasteiger partial charge in [-0.25, -0.2) is 0 Å². The van der Waals surface area contributed by atoms with Gasteiger partial charge in [0.05, 0.1) is 6.42 Å². The standard InChI is InChI=1S/C21H26F2N4O/c1-21(22,23)19-9-6-15(11-25-19)17-12-24-13-18(17)26-20(28)10-14-4-7-16(8-5-14)27(2)3/h4-9,11,17-18,24H,10,12-13H2,1-3H3,(H,26,28)/t17-,18+/m0/s1. The summed E-state index contributed by atoms with van der Waals surface area (Å²) in [5.41, 5.74) is 2.63. The second-order valence-corrected chi connectivity index (χ2v) is 7.54. The first kappa shape index (κ1) is 20.2. The third kappa shape index (κ3) is 4.84. The number of nitrogens with one attached hydrogen (secondary N) is 2. The van der Waals surface area contributed by atoms with Crippen LogP contribution >= 0.6 is 0 Å². The van der Waals surface area contributed by atoms with E-state index in [1.165, 1.54) is 12.3 Å². The fraction of sp³-hybridized carbons (Fsp3) is 0.429. The molecular weight excluding hydrogens is 362 g/mol. The van der Waals surface area contributed by atoms with Crippen molar-refractivity contribution in [1.29, 1.82) is 0 Å². The van der Waals surface area contributed by atoms with E-state index in [0.717, 1.165) is 23.7 Å². The molecule has 1 saturated heterocycles. The number of anilines is 1. The zero-order valence-corrected chi connectivity index (χ0v) is 16.4. The van der Waals surface area contributed by atoms with Crippen molar-refractivity contribution in [2.45, 2.75) is 31.2 Å². The molecule has 2 N–H and O–H groups in total.